The zero-order valence-corrected chi connectivity index (χ0v) is 14.9. The van der Waals surface area contributed by atoms with Crippen molar-refractivity contribution in [2.24, 2.45) is 5.73 Å². The Morgan fingerprint density at radius 3 is 2.57 bits per heavy atom. The first kappa shape index (κ1) is 16.6. The third-order valence-corrected chi connectivity index (χ3v) is 4.54. The molecule has 2 rings (SSSR count). The van der Waals surface area contributed by atoms with Gasteiger partial charge in [0.15, 0.2) is 0 Å². The Labute approximate surface area is 141 Å². The summed E-state index contributed by atoms with van der Waals surface area (Å²) in [6.07, 6.45) is 0. The van der Waals surface area contributed by atoms with E-state index >= 15 is 0 Å². The lowest BCUT2D eigenvalue weighted by Gasteiger charge is -2.27. The maximum atomic E-state index is 13.7. The number of hydrogen-bond acceptors (Lipinski definition) is 2. The predicted molar refractivity (Wildman–Crippen MR) is 91.5 cm³/mol. The summed E-state index contributed by atoms with van der Waals surface area (Å²) in [6, 6.07) is 13.3. The maximum absolute atomic E-state index is 13.7. The number of nitrogens with two attached hydrogens (primary N) is 1. The van der Waals surface area contributed by atoms with Gasteiger partial charge in [-0.05, 0) is 58.4 Å². The molecule has 0 aliphatic rings. The van der Waals surface area contributed by atoms with Crippen LogP contribution in [0.3, 0.4) is 0 Å². The largest absolute Gasteiger partial charge is 0.329 e. The van der Waals surface area contributed by atoms with Crippen LogP contribution < -0.4 is 5.73 Å². The molecule has 0 bridgehead atoms. The monoisotopic (exact) mass is 414 g/mol. The molecule has 0 spiro atoms. The first-order valence-corrected chi connectivity index (χ1v) is 8.19. The van der Waals surface area contributed by atoms with Crippen molar-refractivity contribution in [1.29, 1.82) is 0 Å². The molecule has 0 aromatic heterocycles. The fourth-order valence-electron chi connectivity index (χ4n) is 2.32. The van der Waals surface area contributed by atoms with Crippen LogP contribution in [-0.2, 0) is 6.54 Å². The van der Waals surface area contributed by atoms with Gasteiger partial charge in [-0.25, -0.2) is 4.39 Å². The van der Waals surface area contributed by atoms with E-state index < -0.39 is 0 Å². The summed E-state index contributed by atoms with van der Waals surface area (Å²) in [7, 11) is 2.00. The van der Waals surface area contributed by atoms with Crippen molar-refractivity contribution >= 4 is 31.9 Å². The predicted octanol–water partition coefficient (Wildman–Crippen LogP) is 4.48. The average Bonchev–Trinajstić information content (AvgIpc) is 2.43. The van der Waals surface area contributed by atoms with Gasteiger partial charge in [-0.15, -0.1) is 0 Å². The molecular formula is C16H17Br2FN2. The van der Waals surface area contributed by atoms with E-state index in [2.05, 4.69) is 48.9 Å². The molecule has 1 unspecified atom stereocenters. The summed E-state index contributed by atoms with van der Waals surface area (Å²) >= 11 is 6.64. The van der Waals surface area contributed by atoms with Crippen LogP contribution in [0.1, 0.15) is 17.2 Å². The van der Waals surface area contributed by atoms with E-state index in [1.807, 2.05) is 25.2 Å². The van der Waals surface area contributed by atoms with E-state index in [1.165, 1.54) is 5.56 Å². The van der Waals surface area contributed by atoms with Crippen LogP contribution in [-0.4, -0.2) is 18.5 Å². The summed E-state index contributed by atoms with van der Waals surface area (Å²) in [5.41, 5.74) is 7.96. The molecular weight excluding hydrogens is 399 g/mol. The van der Waals surface area contributed by atoms with Crippen LogP contribution >= 0.6 is 31.9 Å². The molecule has 21 heavy (non-hydrogen) atoms. The third kappa shape index (κ3) is 4.36. The molecule has 0 aliphatic carbocycles. The van der Waals surface area contributed by atoms with E-state index in [9.17, 15) is 4.39 Å². The summed E-state index contributed by atoms with van der Waals surface area (Å²) in [5, 5.41) is 0. The van der Waals surface area contributed by atoms with Crippen molar-refractivity contribution in [2.75, 3.05) is 13.6 Å². The fraction of sp³-hybridized carbons (Fsp3) is 0.250. The summed E-state index contributed by atoms with van der Waals surface area (Å²) < 4.78 is 15.2. The van der Waals surface area contributed by atoms with Crippen molar-refractivity contribution in [3.63, 3.8) is 0 Å². The lowest BCUT2D eigenvalue weighted by atomic mass is 10.0. The molecule has 0 saturated heterocycles. The van der Waals surface area contributed by atoms with Crippen LogP contribution in [0.4, 0.5) is 4.39 Å². The zero-order chi connectivity index (χ0) is 15.4. The van der Waals surface area contributed by atoms with Gasteiger partial charge in [0.1, 0.15) is 5.82 Å². The zero-order valence-electron chi connectivity index (χ0n) is 11.7. The Morgan fingerprint density at radius 2 is 1.95 bits per heavy atom. The second-order valence-corrected chi connectivity index (χ2v) is 6.74. The molecule has 0 fully saturated rings. The number of hydrogen-bond donors (Lipinski definition) is 1. The van der Waals surface area contributed by atoms with E-state index in [1.54, 1.807) is 12.1 Å². The second-order valence-electron chi connectivity index (χ2n) is 4.97. The normalized spacial score (nSPS) is 12.7. The number of rotatable bonds is 5. The maximum Gasteiger partial charge on any atom is 0.137 e. The lowest BCUT2D eigenvalue weighted by Crippen LogP contribution is -2.30. The van der Waals surface area contributed by atoms with Crippen molar-refractivity contribution in [3.05, 3.63) is 68.4 Å². The van der Waals surface area contributed by atoms with Gasteiger partial charge >= 0.3 is 0 Å². The fourth-order valence-corrected chi connectivity index (χ4v) is 3.02. The van der Waals surface area contributed by atoms with Crippen LogP contribution in [0.2, 0.25) is 0 Å². The van der Waals surface area contributed by atoms with E-state index in [4.69, 9.17) is 5.73 Å². The highest BCUT2D eigenvalue weighted by Gasteiger charge is 2.17. The van der Waals surface area contributed by atoms with Gasteiger partial charge in [0.05, 0.1) is 4.47 Å². The van der Waals surface area contributed by atoms with E-state index in [0.29, 0.717) is 11.0 Å². The first-order valence-electron chi connectivity index (χ1n) is 6.61. The summed E-state index contributed by atoms with van der Waals surface area (Å²) in [5.74, 6) is -0.262. The van der Waals surface area contributed by atoms with Crippen LogP contribution in [0.5, 0.6) is 0 Å². The number of nitrogens with zero attached hydrogens (tertiary/aromatic N) is 1. The van der Waals surface area contributed by atoms with Crippen molar-refractivity contribution in [2.45, 2.75) is 12.6 Å². The van der Waals surface area contributed by atoms with Gasteiger partial charge in [0.2, 0.25) is 0 Å². The molecule has 0 aliphatic heterocycles. The topological polar surface area (TPSA) is 29.3 Å². The highest BCUT2D eigenvalue weighted by atomic mass is 79.9. The molecule has 2 aromatic rings. The van der Waals surface area contributed by atoms with Crippen molar-refractivity contribution < 1.29 is 4.39 Å². The van der Waals surface area contributed by atoms with Gasteiger partial charge in [-0.2, -0.15) is 0 Å². The van der Waals surface area contributed by atoms with E-state index in [-0.39, 0.29) is 11.9 Å². The van der Waals surface area contributed by atoms with Gasteiger partial charge < -0.3 is 5.73 Å². The SMILES string of the molecule is CN(Cc1cccc(Br)c1)C(CN)c1ccc(Br)c(F)c1. The Hall–Kier alpha value is -0.750. The van der Waals surface area contributed by atoms with Gasteiger partial charge in [-0.1, -0.05) is 34.1 Å². The minimum Gasteiger partial charge on any atom is -0.329 e. The Balaban J connectivity index is 2.18. The Morgan fingerprint density at radius 1 is 1.19 bits per heavy atom. The van der Waals surface area contributed by atoms with Crippen LogP contribution in [0.15, 0.2) is 51.4 Å². The summed E-state index contributed by atoms with van der Waals surface area (Å²) in [4.78, 5) is 2.13. The molecule has 112 valence electrons. The minimum absolute atomic E-state index is 0.0217. The van der Waals surface area contributed by atoms with Gasteiger partial charge in [-0.3, -0.25) is 4.90 Å². The van der Waals surface area contributed by atoms with Gasteiger partial charge in [0.25, 0.3) is 0 Å². The summed E-state index contributed by atoms with van der Waals surface area (Å²) in [6.45, 7) is 1.19. The average molecular weight is 416 g/mol. The first-order chi connectivity index (χ1) is 10.0. The Bertz CT molecular complexity index is 619. The Kier molecular flexibility index (Phi) is 5.93. The minimum atomic E-state index is -0.262. The van der Waals surface area contributed by atoms with Crippen molar-refractivity contribution in [1.82, 2.24) is 4.90 Å². The van der Waals surface area contributed by atoms with Crippen LogP contribution in [0.25, 0.3) is 0 Å². The molecule has 0 saturated carbocycles. The molecule has 2 N–H and O–H groups in total. The quantitative estimate of drug-likeness (QED) is 0.779. The highest BCUT2D eigenvalue weighted by Crippen LogP contribution is 2.25. The molecule has 0 heterocycles. The molecule has 0 radical (unpaired) electrons. The van der Waals surface area contributed by atoms with E-state index in [0.717, 1.165) is 16.6 Å². The standard InChI is InChI=1S/C16H17Br2FN2/c1-21(10-11-3-2-4-13(17)7-11)16(9-20)12-5-6-14(18)15(19)8-12/h2-8,16H,9-10,20H2,1H3. The second kappa shape index (κ2) is 7.49. The number of likely N-dealkylation sites (N-methyl/N-ethyl adjacent to an activating group) is 1. The lowest BCUT2D eigenvalue weighted by molar-refractivity contribution is 0.241. The number of halogens is 3. The molecule has 1 atom stereocenters. The van der Waals surface area contributed by atoms with Crippen LogP contribution in [0, 0.1) is 5.82 Å². The number of benzene rings is 2. The molecule has 2 nitrogen and oxygen atoms in total. The molecule has 2 aromatic carbocycles. The van der Waals surface area contributed by atoms with Crippen molar-refractivity contribution in [3.8, 4) is 0 Å². The third-order valence-electron chi connectivity index (χ3n) is 3.40. The smallest absolute Gasteiger partial charge is 0.137 e. The molecule has 0 amide bonds. The molecule has 5 heteroatoms. The van der Waals surface area contributed by atoms with Gasteiger partial charge in [0, 0.05) is 23.6 Å². The highest BCUT2D eigenvalue weighted by molar-refractivity contribution is 9.10.